The zero-order valence-corrected chi connectivity index (χ0v) is 8.05. The average molecular weight is 157 g/mol. The number of hydrogen-bond acceptors (Lipinski definition) is 1. The van der Waals surface area contributed by atoms with Gasteiger partial charge in [0.25, 0.3) is 0 Å². The summed E-state index contributed by atoms with van der Waals surface area (Å²) >= 11 is 0. The summed E-state index contributed by atoms with van der Waals surface area (Å²) in [4.78, 5) is 13.2. The van der Waals surface area contributed by atoms with E-state index >= 15 is 0 Å². The quantitative estimate of drug-likeness (QED) is 0.611. The fourth-order valence-corrected chi connectivity index (χ4v) is 1.16. The van der Waals surface area contributed by atoms with Crippen LogP contribution >= 0.6 is 0 Å². The minimum atomic E-state index is 0.266. The van der Waals surface area contributed by atoms with E-state index in [2.05, 4.69) is 13.8 Å². The summed E-state index contributed by atoms with van der Waals surface area (Å²) in [5, 5.41) is 0. The number of carbonyl (C=O) groups is 1. The van der Waals surface area contributed by atoms with Gasteiger partial charge >= 0.3 is 0 Å². The van der Waals surface area contributed by atoms with Crippen LogP contribution in [0.25, 0.3) is 0 Å². The van der Waals surface area contributed by atoms with Gasteiger partial charge in [-0.15, -0.1) is 0 Å². The topological polar surface area (TPSA) is 20.3 Å². The number of rotatable bonds is 4. The Morgan fingerprint density at radius 2 is 1.91 bits per heavy atom. The van der Waals surface area contributed by atoms with Gasteiger partial charge in [0.05, 0.1) is 0 Å². The minimum absolute atomic E-state index is 0.266. The molecule has 0 spiro atoms. The molecule has 0 saturated heterocycles. The first-order valence-electron chi connectivity index (χ1n) is 4.46. The molecule has 2 heteroatoms. The second kappa shape index (κ2) is 5.16. The average Bonchev–Trinajstić information content (AvgIpc) is 2.05. The van der Waals surface area contributed by atoms with Crippen LogP contribution in [0.15, 0.2) is 0 Å². The zero-order chi connectivity index (χ0) is 8.85. The van der Waals surface area contributed by atoms with Crippen molar-refractivity contribution >= 4 is 5.91 Å². The first kappa shape index (κ1) is 10.5. The van der Waals surface area contributed by atoms with Gasteiger partial charge in [-0.1, -0.05) is 13.8 Å². The molecular formula is C9H19NO. The van der Waals surface area contributed by atoms with Gasteiger partial charge in [-0.05, 0) is 20.3 Å². The van der Waals surface area contributed by atoms with Crippen LogP contribution in [-0.4, -0.2) is 23.4 Å². The van der Waals surface area contributed by atoms with Crippen molar-refractivity contribution in [2.24, 2.45) is 0 Å². The Morgan fingerprint density at radius 3 is 2.18 bits per heavy atom. The number of amides is 1. The summed E-state index contributed by atoms with van der Waals surface area (Å²) in [7, 11) is 0. The molecule has 0 aliphatic rings. The molecule has 0 aliphatic carbocycles. The summed E-state index contributed by atoms with van der Waals surface area (Å²) in [6.07, 6.45) is 1.66. The standard InChI is InChI=1S/C9H19NO/c1-5-8(4)10(7-3)9(11)6-2/h8H,5-7H2,1-4H3/t8-/m1/s1. The third-order valence-corrected chi connectivity index (χ3v) is 2.09. The third kappa shape index (κ3) is 2.91. The van der Waals surface area contributed by atoms with E-state index in [9.17, 15) is 4.79 Å². The normalized spacial score (nSPS) is 12.7. The van der Waals surface area contributed by atoms with Crippen LogP contribution < -0.4 is 0 Å². The summed E-state index contributed by atoms with van der Waals surface area (Å²) in [6, 6.07) is 0.396. The van der Waals surface area contributed by atoms with Crippen molar-refractivity contribution < 1.29 is 4.79 Å². The third-order valence-electron chi connectivity index (χ3n) is 2.09. The molecule has 0 unspecified atom stereocenters. The predicted molar refractivity (Wildman–Crippen MR) is 47.4 cm³/mol. The fourth-order valence-electron chi connectivity index (χ4n) is 1.16. The minimum Gasteiger partial charge on any atom is -0.340 e. The number of nitrogens with zero attached hydrogens (tertiary/aromatic N) is 1. The molecule has 0 heterocycles. The molecule has 66 valence electrons. The van der Waals surface area contributed by atoms with Crippen LogP contribution in [0.2, 0.25) is 0 Å². The second-order valence-electron chi connectivity index (χ2n) is 2.79. The molecular weight excluding hydrogens is 138 g/mol. The number of carbonyl (C=O) groups excluding carboxylic acids is 1. The van der Waals surface area contributed by atoms with Crippen LogP contribution in [0, 0.1) is 0 Å². The Balaban J connectivity index is 4.03. The highest BCUT2D eigenvalue weighted by molar-refractivity contribution is 5.76. The molecule has 2 nitrogen and oxygen atoms in total. The van der Waals surface area contributed by atoms with Gasteiger partial charge < -0.3 is 4.90 Å². The summed E-state index contributed by atoms with van der Waals surface area (Å²) in [6.45, 7) is 8.97. The van der Waals surface area contributed by atoms with E-state index in [0.717, 1.165) is 13.0 Å². The van der Waals surface area contributed by atoms with Gasteiger partial charge in [-0.3, -0.25) is 4.79 Å². The van der Waals surface area contributed by atoms with Crippen molar-refractivity contribution in [2.45, 2.75) is 46.6 Å². The lowest BCUT2D eigenvalue weighted by Crippen LogP contribution is -2.37. The van der Waals surface area contributed by atoms with E-state index in [1.807, 2.05) is 18.7 Å². The van der Waals surface area contributed by atoms with Crippen LogP contribution in [0.3, 0.4) is 0 Å². The van der Waals surface area contributed by atoms with Crippen molar-refractivity contribution in [3.05, 3.63) is 0 Å². The van der Waals surface area contributed by atoms with Gasteiger partial charge in [0.1, 0.15) is 0 Å². The van der Waals surface area contributed by atoms with E-state index in [1.165, 1.54) is 0 Å². The van der Waals surface area contributed by atoms with Crippen LogP contribution in [0.1, 0.15) is 40.5 Å². The molecule has 0 bridgehead atoms. The zero-order valence-electron chi connectivity index (χ0n) is 8.05. The summed E-state index contributed by atoms with van der Waals surface area (Å²) in [5.74, 6) is 0.266. The van der Waals surface area contributed by atoms with E-state index in [1.54, 1.807) is 0 Å². The van der Waals surface area contributed by atoms with Crippen molar-refractivity contribution in [2.75, 3.05) is 6.54 Å². The Kier molecular flexibility index (Phi) is 4.92. The van der Waals surface area contributed by atoms with Gasteiger partial charge in [0, 0.05) is 19.0 Å². The first-order valence-corrected chi connectivity index (χ1v) is 4.46. The van der Waals surface area contributed by atoms with Gasteiger partial charge in [0.15, 0.2) is 0 Å². The van der Waals surface area contributed by atoms with E-state index in [-0.39, 0.29) is 5.91 Å². The monoisotopic (exact) mass is 157 g/mol. The lowest BCUT2D eigenvalue weighted by molar-refractivity contribution is -0.132. The van der Waals surface area contributed by atoms with E-state index in [4.69, 9.17) is 0 Å². The predicted octanol–water partition coefficient (Wildman–Crippen LogP) is 2.04. The molecule has 0 fully saturated rings. The van der Waals surface area contributed by atoms with E-state index in [0.29, 0.717) is 12.5 Å². The molecule has 0 aromatic carbocycles. The van der Waals surface area contributed by atoms with Crippen LogP contribution in [0.4, 0.5) is 0 Å². The molecule has 0 rings (SSSR count). The number of hydrogen-bond donors (Lipinski definition) is 0. The lowest BCUT2D eigenvalue weighted by Gasteiger charge is -2.26. The fraction of sp³-hybridized carbons (Fsp3) is 0.889. The molecule has 1 amide bonds. The first-order chi connectivity index (χ1) is 5.17. The van der Waals surface area contributed by atoms with Crippen molar-refractivity contribution in [3.63, 3.8) is 0 Å². The largest absolute Gasteiger partial charge is 0.340 e. The smallest absolute Gasteiger partial charge is 0.222 e. The van der Waals surface area contributed by atoms with Gasteiger partial charge in [-0.2, -0.15) is 0 Å². The Bertz CT molecular complexity index is 123. The highest BCUT2D eigenvalue weighted by atomic mass is 16.2. The maximum absolute atomic E-state index is 11.3. The molecule has 0 aliphatic heterocycles. The van der Waals surface area contributed by atoms with Gasteiger partial charge in [-0.25, -0.2) is 0 Å². The summed E-state index contributed by atoms with van der Waals surface area (Å²) in [5.41, 5.74) is 0. The summed E-state index contributed by atoms with van der Waals surface area (Å²) < 4.78 is 0. The van der Waals surface area contributed by atoms with Crippen molar-refractivity contribution in [3.8, 4) is 0 Å². The highest BCUT2D eigenvalue weighted by Gasteiger charge is 2.13. The van der Waals surface area contributed by atoms with Crippen molar-refractivity contribution in [1.29, 1.82) is 0 Å². The molecule has 0 N–H and O–H groups in total. The van der Waals surface area contributed by atoms with E-state index < -0.39 is 0 Å². The lowest BCUT2D eigenvalue weighted by atomic mass is 10.2. The molecule has 0 aromatic rings. The van der Waals surface area contributed by atoms with Crippen molar-refractivity contribution in [1.82, 2.24) is 4.90 Å². The molecule has 11 heavy (non-hydrogen) atoms. The van der Waals surface area contributed by atoms with Crippen LogP contribution in [-0.2, 0) is 4.79 Å². The Morgan fingerprint density at radius 1 is 1.36 bits per heavy atom. The highest BCUT2D eigenvalue weighted by Crippen LogP contribution is 2.04. The SMILES string of the molecule is CCC(=O)N(CC)[C@H](C)CC. The molecule has 1 atom stereocenters. The Labute approximate surface area is 69.6 Å². The molecule has 0 radical (unpaired) electrons. The van der Waals surface area contributed by atoms with Gasteiger partial charge in [0.2, 0.25) is 5.91 Å². The molecule has 0 saturated carbocycles. The molecule has 0 aromatic heterocycles. The maximum Gasteiger partial charge on any atom is 0.222 e. The van der Waals surface area contributed by atoms with Crippen LogP contribution in [0.5, 0.6) is 0 Å². The second-order valence-corrected chi connectivity index (χ2v) is 2.79. The maximum atomic E-state index is 11.3. The Hall–Kier alpha value is -0.530.